The minimum Gasteiger partial charge on any atom is -0.357 e. The molecule has 1 aliphatic heterocycles. The molecule has 5 nitrogen and oxygen atoms in total. The van der Waals surface area contributed by atoms with Crippen molar-refractivity contribution in [3.05, 3.63) is 29.8 Å². The number of hydrogen-bond acceptors (Lipinski definition) is 2. The van der Waals surface area contributed by atoms with E-state index in [2.05, 4.69) is 35.5 Å². The second kappa shape index (κ2) is 9.75. The third-order valence-electron chi connectivity index (χ3n) is 3.55. The predicted molar refractivity (Wildman–Crippen MR) is 107 cm³/mol. The maximum Gasteiger partial charge on any atom is 0.248 e. The number of fused-ring (bicyclic) bond motifs is 1. The van der Waals surface area contributed by atoms with Crippen molar-refractivity contribution in [3.63, 3.8) is 0 Å². The fraction of sp³-hybridized carbons (Fsp3) is 0.529. The van der Waals surface area contributed by atoms with E-state index in [4.69, 9.17) is 0 Å². The van der Waals surface area contributed by atoms with Crippen LogP contribution in [0.25, 0.3) is 0 Å². The minimum atomic E-state index is 0. The molecule has 1 aliphatic rings. The summed E-state index contributed by atoms with van der Waals surface area (Å²) in [5.41, 5.74) is 2.29. The number of carbonyl (C=O) groups excluding carboxylic acids is 1. The smallest absolute Gasteiger partial charge is 0.248 e. The molecule has 0 aliphatic carbocycles. The minimum absolute atomic E-state index is 0. The first-order valence-corrected chi connectivity index (χ1v) is 8.05. The summed E-state index contributed by atoms with van der Waals surface area (Å²) >= 11 is 0. The van der Waals surface area contributed by atoms with Gasteiger partial charge in [-0.3, -0.25) is 4.79 Å². The Balaban J connectivity index is 0.00000264. The number of nitrogens with zero attached hydrogens (tertiary/aromatic N) is 2. The maximum absolute atomic E-state index is 12.5. The average molecular weight is 430 g/mol. The van der Waals surface area contributed by atoms with E-state index in [-0.39, 0.29) is 42.5 Å². The highest BCUT2D eigenvalue weighted by atomic mass is 127. The van der Waals surface area contributed by atoms with Gasteiger partial charge in [-0.15, -0.1) is 24.0 Å². The lowest BCUT2D eigenvalue weighted by molar-refractivity contribution is -0.117. The molecule has 6 heteroatoms. The Bertz CT molecular complexity index is 545. The van der Waals surface area contributed by atoms with E-state index in [0.717, 1.165) is 31.6 Å². The summed E-state index contributed by atoms with van der Waals surface area (Å²) in [6, 6.07) is 8.42. The van der Waals surface area contributed by atoms with Gasteiger partial charge >= 0.3 is 0 Å². The molecule has 1 aromatic carbocycles. The van der Waals surface area contributed by atoms with Crippen molar-refractivity contribution in [2.24, 2.45) is 4.99 Å². The second-order valence-corrected chi connectivity index (χ2v) is 5.77. The molecule has 2 rings (SSSR count). The van der Waals surface area contributed by atoms with Gasteiger partial charge in [0.15, 0.2) is 5.96 Å². The van der Waals surface area contributed by atoms with Gasteiger partial charge in [0.1, 0.15) is 6.54 Å². The van der Waals surface area contributed by atoms with Gasteiger partial charge in [-0.2, -0.15) is 0 Å². The summed E-state index contributed by atoms with van der Waals surface area (Å²) in [5, 5.41) is 6.39. The van der Waals surface area contributed by atoms with Crippen molar-refractivity contribution in [1.29, 1.82) is 0 Å². The highest BCUT2D eigenvalue weighted by Gasteiger charge is 2.21. The van der Waals surface area contributed by atoms with Crippen LogP contribution in [0.2, 0.25) is 0 Å². The summed E-state index contributed by atoms with van der Waals surface area (Å²) in [5.74, 6) is 0.740. The number of para-hydroxylation sites is 1. The van der Waals surface area contributed by atoms with Crippen LogP contribution in [-0.4, -0.2) is 37.5 Å². The largest absolute Gasteiger partial charge is 0.357 e. The fourth-order valence-corrected chi connectivity index (χ4v) is 2.62. The monoisotopic (exact) mass is 430 g/mol. The van der Waals surface area contributed by atoms with Crippen LogP contribution in [0.4, 0.5) is 5.69 Å². The number of guanidine groups is 1. The molecule has 0 saturated carbocycles. The lowest BCUT2D eigenvalue weighted by Crippen LogP contribution is -2.42. The fourth-order valence-electron chi connectivity index (χ4n) is 2.62. The summed E-state index contributed by atoms with van der Waals surface area (Å²) in [4.78, 5) is 18.8. The van der Waals surface area contributed by atoms with Gasteiger partial charge in [-0.1, -0.05) is 18.2 Å². The van der Waals surface area contributed by atoms with Crippen LogP contribution in [-0.2, 0) is 11.2 Å². The second-order valence-electron chi connectivity index (χ2n) is 5.77. The van der Waals surface area contributed by atoms with Crippen LogP contribution in [0.5, 0.6) is 0 Å². The quantitative estimate of drug-likeness (QED) is 0.439. The zero-order chi connectivity index (χ0) is 15.9. The topological polar surface area (TPSA) is 56.7 Å². The normalized spacial score (nSPS) is 14.1. The molecule has 0 saturated heterocycles. The Morgan fingerprint density at radius 2 is 2.09 bits per heavy atom. The number of hydrogen-bond donors (Lipinski definition) is 2. The molecular weight excluding hydrogens is 403 g/mol. The number of nitrogens with one attached hydrogen (secondary N) is 2. The van der Waals surface area contributed by atoms with E-state index < -0.39 is 0 Å². The van der Waals surface area contributed by atoms with Gasteiger partial charge in [0, 0.05) is 24.8 Å². The molecule has 0 bridgehead atoms. The molecule has 0 radical (unpaired) electrons. The van der Waals surface area contributed by atoms with Crippen LogP contribution in [0.15, 0.2) is 29.3 Å². The van der Waals surface area contributed by atoms with Crippen LogP contribution < -0.4 is 15.5 Å². The zero-order valence-corrected chi connectivity index (χ0v) is 16.5. The number of carbonyl (C=O) groups is 1. The van der Waals surface area contributed by atoms with E-state index in [1.807, 2.05) is 30.0 Å². The summed E-state index contributed by atoms with van der Waals surface area (Å²) < 4.78 is 0. The third kappa shape index (κ3) is 5.67. The highest BCUT2D eigenvalue weighted by molar-refractivity contribution is 14.0. The van der Waals surface area contributed by atoms with Crippen molar-refractivity contribution >= 4 is 41.5 Å². The molecule has 0 aromatic heterocycles. The lowest BCUT2D eigenvalue weighted by Gasteiger charge is -2.29. The van der Waals surface area contributed by atoms with Crippen LogP contribution in [0.3, 0.4) is 0 Å². The van der Waals surface area contributed by atoms with Crippen molar-refractivity contribution < 1.29 is 4.79 Å². The molecule has 128 valence electrons. The standard InChI is InChI=1S/C17H26N4O.HI/c1-4-18-17(20-13(2)3)19-12-16(22)21-11-7-9-14-8-5-6-10-15(14)21;/h5-6,8,10,13H,4,7,9,11-12H2,1-3H3,(H2,18,19,20);1H. The molecule has 23 heavy (non-hydrogen) atoms. The summed E-state index contributed by atoms with van der Waals surface area (Å²) in [6.07, 6.45) is 2.05. The van der Waals surface area contributed by atoms with Gasteiger partial charge in [0.25, 0.3) is 0 Å². The zero-order valence-electron chi connectivity index (χ0n) is 14.1. The Morgan fingerprint density at radius 3 is 2.78 bits per heavy atom. The molecule has 0 spiro atoms. The van der Waals surface area contributed by atoms with Crippen molar-refractivity contribution in [2.45, 2.75) is 39.7 Å². The number of anilines is 1. The number of rotatable bonds is 4. The molecule has 0 unspecified atom stereocenters. The molecule has 1 amide bonds. The van der Waals surface area contributed by atoms with Crippen molar-refractivity contribution in [1.82, 2.24) is 10.6 Å². The molecule has 0 atom stereocenters. The lowest BCUT2D eigenvalue weighted by atomic mass is 10.0. The SMILES string of the molecule is CCNC(=NCC(=O)N1CCCc2ccccc21)NC(C)C.I. The molecule has 2 N–H and O–H groups in total. The number of benzene rings is 1. The van der Waals surface area contributed by atoms with E-state index in [0.29, 0.717) is 5.96 Å². The van der Waals surface area contributed by atoms with Gasteiger partial charge in [-0.25, -0.2) is 4.99 Å². The highest BCUT2D eigenvalue weighted by Crippen LogP contribution is 2.26. The maximum atomic E-state index is 12.5. The molecular formula is C17H27IN4O. The van der Waals surface area contributed by atoms with E-state index >= 15 is 0 Å². The van der Waals surface area contributed by atoms with Crippen LogP contribution in [0, 0.1) is 0 Å². The van der Waals surface area contributed by atoms with Gasteiger partial charge in [0.05, 0.1) is 0 Å². The third-order valence-corrected chi connectivity index (χ3v) is 3.55. The van der Waals surface area contributed by atoms with Gasteiger partial charge < -0.3 is 15.5 Å². The number of amides is 1. The van der Waals surface area contributed by atoms with E-state index in [1.165, 1.54) is 5.56 Å². The Kier molecular flexibility index (Phi) is 8.36. The first kappa shape index (κ1) is 19.7. The number of aryl methyl sites for hydroxylation is 1. The molecule has 0 fully saturated rings. The number of aliphatic imine (C=N–C) groups is 1. The molecule has 1 heterocycles. The van der Waals surface area contributed by atoms with Crippen molar-refractivity contribution in [2.75, 3.05) is 24.5 Å². The van der Waals surface area contributed by atoms with E-state index in [1.54, 1.807) is 0 Å². The predicted octanol–water partition coefficient (Wildman–Crippen LogP) is 2.55. The van der Waals surface area contributed by atoms with Crippen molar-refractivity contribution in [3.8, 4) is 0 Å². The Hall–Kier alpha value is -1.31. The first-order valence-electron chi connectivity index (χ1n) is 8.05. The van der Waals surface area contributed by atoms with Crippen LogP contribution >= 0.6 is 24.0 Å². The van der Waals surface area contributed by atoms with Crippen LogP contribution in [0.1, 0.15) is 32.8 Å². The Morgan fingerprint density at radius 1 is 1.35 bits per heavy atom. The van der Waals surface area contributed by atoms with E-state index in [9.17, 15) is 4.79 Å². The van der Waals surface area contributed by atoms with Gasteiger partial charge in [0.2, 0.25) is 5.91 Å². The first-order chi connectivity index (χ1) is 10.6. The Labute approximate surface area is 156 Å². The average Bonchev–Trinajstić information content (AvgIpc) is 2.51. The summed E-state index contributed by atoms with van der Waals surface area (Å²) in [7, 11) is 0. The summed E-state index contributed by atoms with van der Waals surface area (Å²) in [6.45, 7) is 7.83. The molecule has 1 aromatic rings. The van der Waals surface area contributed by atoms with Gasteiger partial charge in [-0.05, 0) is 45.2 Å². The number of halogens is 1.